The summed E-state index contributed by atoms with van der Waals surface area (Å²) in [5.74, 6) is -0.427. The van der Waals surface area contributed by atoms with E-state index in [4.69, 9.17) is 11.5 Å². The van der Waals surface area contributed by atoms with Gasteiger partial charge in [-0.05, 0) is 11.6 Å². The van der Waals surface area contributed by atoms with E-state index >= 15 is 0 Å². The Kier molecular flexibility index (Phi) is 4.02. The van der Waals surface area contributed by atoms with E-state index in [2.05, 4.69) is 0 Å². The number of carbonyl (C=O) groups excluding carboxylic acids is 1. The monoisotopic (exact) mass is 296 g/mol. The standard InChI is InChI=1S/C15H15F3N2O/c16-15(17,18)14(20)9-11(6-7-13(14)19)12(21)8-10-4-2-1-3-5-10/h1-7,9,13H,8,19-20H2. The van der Waals surface area contributed by atoms with Crippen LogP contribution in [0.4, 0.5) is 13.2 Å². The molecule has 0 amide bonds. The summed E-state index contributed by atoms with van der Waals surface area (Å²) in [5.41, 5.74) is 8.73. The fourth-order valence-electron chi connectivity index (χ4n) is 2.10. The molecule has 6 heteroatoms. The van der Waals surface area contributed by atoms with Crippen LogP contribution in [0, 0.1) is 0 Å². The molecular formula is C15H15F3N2O. The Hall–Kier alpha value is -1.92. The zero-order chi connectivity index (χ0) is 15.7. The molecule has 2 rings (SSSR count). The first-order chi connectivity index (χ1) is 9.74. The molecule has 0 fully saturated rings. The minimum absolute atomic E-state index is 0.0141. The number of alkyl halides is 3. The minimum atomic E-state index is -4.73. The second kappa shape index (κ2) is 5.46. The molecule has 3 nitrogen and oxygen atoms in total. The molecule has 21 heavy (non-hydrogen) atoms. The molecule has 4 N–H and O–H groups in total. The zero-order valence-electron chi connectivity index (χ0n) is 11.1. The normalized spacial score (nSPS) is 25.6. The van der Waals surface area contributed by atoms with Gasteiger partial charge in [-0.25, -0.2) is 0 Å². The van der Waals surface area contributed by atoms with Gasteiger partial charge in [0.15, 0.2) is 11.3 Å². The molecule has 2 atom stereocenters. The first kappa shape index (κ1) is 15.5. The van der Waals surface area contributed by atoms with E-state index in [1.807, 2.05) is 0 Å². The van der Waals surface area contributed by atoms with Crippen LogP contribution in [0.25, 0.3) is 0 Å². The number of rotatable bonds is 3. The Morgan fingerprint density at radius 1 is 1.24 bits per heavy atom. The molecule has 0 aromatic heterocycles. The van der Waals surface area contributed by atoms with Crippen LogP contribution >= 0.6 is 0 Å². The molecule has 0 saturated heterocycles. The summed E-state index contributed by atoms with van der Waals surface area (Å²) in [6, 6.07) is 7.36. The van der Waals surface area contributed by atoms with Crippen molar-refractivity contribution in [3.63, 3.8) is 0 Å². The van der Waals surface area contributed by atoms with Crippen LogP contribution in [0.5, 0.6) is 0 Å². The quantitative estimate of drug-likeness (QED) is 0.895. The summed E-state index contributed by atoms with van der Waals surface area (Å²) >= 11 is 0. The van der Waals surface area contributed by atoms with Crippen LogP contribution in [-0.4, -0.2) is 23.5 Å². The number of ketones is 1. The maximum Gasteiger partial charge on any atom is 0.411 e. The molecule has 0 aliphatic heterocycles. The van der Waals surface area contributed by atoms with E-state index in [0.717, 1.165) is 17.7 Å². The smallest absolute Gasteiger partial charge is 0.322 e. The minimum Gasteiger partial charge on any atom is -0.322 e. The maximum atomic E-state index is 13.0. The van der Waals surface area contributed by atoms with E-state index in [1.165, 1.54) is 6.08 Å². The number of hydrogen-bond acceptors (Lipinski definition) is 3. The number of halogens is 3. The van der Waals surface area contributed by atoms with Gasteiger partial charge in [0.25, 0.3) is 0 Å². The summed E-state index contributed by atoms with van der Waals surface area (Å²) in [7, 11) is 0. The molecule has 0 spiro atoms. The van der Waals surface area contributed by atoms with Crippen LogP contribution in [-0.2, 0) is 11.2 Å². The summed E-state index contributed by atoms with van der Waals surface area (Å²) in [4.78, 5) is 12.1. The SMILES string of the molecule is NC1C=CC(C(=O)Cc2ccccc2)=CC1(N)C(F)(F)F. The average molecular weight is 296 g/mol. The van der Waals surface area contributed by atoms with Crippen LogP contribution in [0.2, 0.25) is 0 Å². The number of carbonyl (C=O) groups is 1. The van der Waals surface area contributed by atoms with Gasteiger partial charge < -0.3 is 11.5 Å². The molecule has 0 bridgehead atoms. The Morgan fingerprint density at radius 2 is 1.86 bits per heavy atom. The number of allylic oxidation sites excluding steroid dienone is 2. The summed E-state index contributed by atoms with van der Waals surface area (Å²) < 4.78 is 39.1. The molecule has 0 radical (unpaired) electrons. The second-order valence-electron chi connectivity index (χ2n) is 5.00. The number of nitrogens with two attached hydrogens (primary N) is 2. The third-order valence-corrected chi connectivity index (χ3v) is 3.45. The van der Waals surface area contributed by atoms with Gasteiger partial charge in [0.1, 0.15) is 0 Å². The van der Waals surface area contributed by atoms with Crippen LogP contribution in [0.15, 0.2) is 54.1 Å². The lowest BCUT2D eigenvalue weighted by Gasteiger charge is -2.35. The van der Waals surface area contributed by atoms with Gasteiger partial charge >= 0.3 is 6.18 Å². The third-order valence-electron chi connectivity index (χ3n) is 3.45. The summed E-state index contributed by atoms with van der Waals surface area (Å²) in [6.07, 6.45) is -1.57. The molecule has 1 aliphatic rings. The Bertz CT molecular complexity index is 593. The van der Waals surface area contributed by atoms with Gasteiger partial charge in [-0.3, -0.25) is 4.79 Å². The van der Waals surface area contributed by atoms with E-state index < -0.39 is 23.5 Å². The molecule has 1 aromatic carbocycles. The Morgan fingerprint density at radius 3 is 2.43 bits per heavy atom. The van der Waals surface area contributed by atoms with Gasteiger partial charge in [0, 0.05) is 12.0 Å². The van der Waals surface area contributed by atoms with Crippen LogP contribution in [0.3, 0.4) is 0 Å². The fourth-order valence-corrected chi connectivity index (χ4v) is 2.10. The Balaban J connectivity index is 2.26. The van der Waals surface area contributed by atoms with Crippen molar-refractivity contribution in [3.8, 4) is 0 Å². The predicted molar refractivity (Wildman–Crippen MR) is 73.3 cm³/mol. The average Bonchev–Trinajstić information content (AvgIpc) is 2.41. The predicted octanol–water partition coefficient (Wildman–Crippen LogP) is 1.88. The fraction of sp³-hybridized carbons (Fsp3) is 0.267. The van der Waals surface area contributed by atoms with Crippen molar-refractivity contribution in [3.05, 3.63) is 59.7 Å². The van der Waals surface area contributed by atoms with Gasteiger partial charge in [0.2, 0.25) is 0 Å². The van der Waals surface area contributed by atoms with Gasteiger partial charge in [-0.15, -0.1) is 0 Å². The third kappa shape index (κ3) is 3.06. The highest BCUT2D eigenvalue weighted by Gasteiger charge is 2.55. The molecule has 0 saturated carbocycles. The van der Waals surface area contributed by atoms with Crippen molar-refractivity contribution >= 4 is 5.78 Å². The molecule has 2 unspecified atom stereocenters. The van der Waals surface area contributed by atoms with E-state index in [-0.39, 0.29) is 12.0 Å². The van der Waals surface area contributed by atoms with E-state index in [1.54, 1.807) is 30.3 Å². The number of hydrogen-bond donors (Lipinski definition) is 2. The highest BCUT2D eigenvalue weighted by molar-refractivity contribution is 5.99. The molecule has 1 aromatic rings. The van der Waals surface area contributed by atoms with Crippen molar-refractivity contribution in [2.24, 2.45) is 11.5 Å². The van der Waals surface area contributed by atoms with Crippen molar-refractivity contribution in [1.82, 2.24) is 0 Å². The van der Waals surface area contributed by atoms with Crippen LogP contribution in [0.1, 0.15) is 5.56 Å². The largest absolute Gasteiger partial charge is 0.411 e. The lowest BCUT2D eigenvalue weighted by molar-refractivity contribution is -0.174. The topological polar surface area (TPSA) is 69.1 Å². The molecule has 0 heterocycles. The highest BCUT2D eigenvalue weighted by atomic mass is 19.4. The van der Waals surface area contributed by atoms with Gasteiger partial charge in [0.05, 0.1) is 6.04 Å². The lowest BCUT2D eigenvalue weighted by Crippen LogP contribution is -2.63. The second-order valence-corrected chi connectivity index (χ2v) is 5.00. The van der Waals surface area contributed by atoms with E-state index in [9.17, 15) is 18.0 Å². The maximum absolute atomic E-state index is 13.0. The number of Topliss-reactive ketones (excluding diaryl/α,β-unsaturated/α-hetero) is 1. The van der Waals surface area contributed by atoms with Crippen molar-refractivity contribution in [2.75, 3.05) is 0 Å². The number of benzene rings is 1. The van der Waals surface area contributed by atoms with Gasteiger partial charge in [-0.1, -0.05) is 42.5 Å². The zero-order valence-corrected chi connectivity index (χ0v) is 11.1. The summed E-state index contributed by atoms with van der Waals surface area (Å²) in [6.45, 7) is 0. The Labute approximate surface area is 120 Å². The summed E-state index contributed by atoms with van der Waals surface area (Å²) in [5, 5.41) is 0. The van der Waals surface area contributed by atoms with Gasteiger partial charge in [-0.2, -0.15) is 13.2 Å². The molecular weight excluding hydrogens is 281 g/mol. The molecule has 1 aliphatic carbocycles. The molecule has 112 valence electrons. The lowest BCUT2D eigenvalue weighted by atomic mass is 9.82. The van der Waals surface area contributed by atoms with E-state index in [0.29, 0.717) is 0 Å². The van der Waals surface area contributed by atoms with Crippen LogP contribution < -0.4 is 11.5 Å². The highest BCUT2D eigenvalue weighted by Crippen LogP contribution is 2.35. The van der Waals surface area contributed by atoms with Crippen molar-refractivity contribution < 1.29 is 18.0 Å². The first-order valence-corrected chi connectivity index (χ1v) is 6.33. The van der Waals surface area contributed by atoms with Crippen molar-refractivity contribution in [2.45, 2.75) is 24.2 Å². The van der Waals surface area contributed by atoms with Crippen molar-refractivity contribution in [1.29, 1.82) is 0 Å². The first-order valence-electron chi connectivity index (χ1n) is 6.33.